The first-order valence-electron chi connectivity index (χ1n) is 10.2. The lowest BCUT2D eigenvalue weighted by Gasteiger charge is -2.36. The van der Waals surface area contributed by atoms with Crippen LogP contribution >= 0.6 is 0 Å². The van der Waals surface area contributed by atoms with Gasteiger partial charge in [0.2, 0.25) is 0 Å². The summed E-state index contributed by atoms with van der Waals surface area (Å²) in [5, 5.41) is 0. The zero-order valence-corrected chi connectivity index (χ0v) is 16.8. The van der Waals surface area contributed by atoms with Gasteiger partial charge in [0.25, 0.3) is 0 Å². The molecule has 2 unspecified atom stereocenters. The maximum atomic E-state index is 12.5. The van der Waals surface area contributed by atoms with E-state index in [1.54, 1.807) is 19.2 Å². The molecule has 2 heterocycles. The molecule has 1 N–H and O–H groups in total. The Morgan fingerprint density at radius 3 is 2.83 bits per heavy atom. The van der Waals surface area contributed by atoms with Crippen molar-refractivity contribution in [3.05, 3.63) is 71.3 Å². The summed E-state index contributed by atoms with van der Waals surface area (Å²) in [6, 6.07) is 13.3. The topological polar surface area (TPSA) is 49.2 Å². The molecule has 3 aliphatic rings. The van der Waals surface area contributed by atoms with Crippen LogP contribution in [-0.4, -0.2) is 38.9 Å². The van der Waals surface area contributed by atoms with Gasteiger partial charge < -0.3 is 19.1 Å². The molecule has 0 saturated carbocycles. The normalized spacial score (nSPS) is 29.2. The van der Waals surface area contributed by atoms with Crippen molar-refractivity contribution in [2.24, 2.45) is 0 Å². The molecule has 0 saturated heterocycles. The van der Waals surface area contributed by atoms with Crippen molar-refractivity contribution in [3.63, 3.8) is 0 Å². The minimum atomic E-state index is -0.296. The van der Waals surface area contributed by atoms with Gasteiger partial charge in [-0.1, -0.05) is 24.3 Å². The number of carbonyl (C=O) groups excluding carboxylic acids is 1. The molecule has 2 aromatic rings. The van der Waals surface area contributed by atoms with Crippen molar-refractivity contribution >= 4 is 5.97 Å². The zero-order chi connectivity index (χ0) is 20.0. The van der Waals surface area contributed by atoms with Gasteiger partial charge in [-0.25, -0.2) is 4.79 Å². The molecule has 0 aromatic heterocycles. The Balaban J connectivity index is 1.48. The quantitative estimate of drug-likeness (QED) is 0.643. The molecule has 0 fully saturated rings. The number of hydrogen-bond donors (Lipinski definition) is 1. The summed E-state index contributed by atoms with van der Waals surface area (Å²) >= 11 is 0. The number of quaternary nitrogens is 1. The summed E-state index contributed by atoms with van der Waals surface area (Å²) in [5.41, 5.74) is 2.98. The second-order valence-corrected chi connectivity index (χ2v) is 8.32. The Hall–Kier alpha value is -2.79. The van der Waals surface area contributed by atoms with Gasteiger partial charge in [-0.05, 0) is 30.3 Å². The molecule has 1 aliphatic carbocycles. The third-order valence-electron chi connectivity index (χ3n) is 6.51. The standard InChI is InChI=1S/C24H25NO4/c1-25-13-12-24-11-10-18(28-23(26)16-6-4-3-5-7-16)14-20(24)29-22-19(27-2)9-8-17(15-25)21(22)24/h3-11,18,20H,12-15H2,1-2H3/p+1/t18-,20?,24-/m0/s1. The molecule has 5 rings (SSSR count). The van der Waals surface area contributed by atoms with E-state index in [0.29, 0.717) is 12.0 Å². The second-order valence-electron chi connectivity index (χ2n) is 8.32. The summed E-state index contributed by atoms with van der Waals surface area (Å²) in [4.78, 5) is 14.0. The number of benzene rings is 2. The van der Waals surface area contributed by atoms with Crippen LogP contribution < -0.4 is 14.4 Å². The second kappa shape index (κ2) is 6.92. The minimum Gasteiger partial charge on any atom is -0.493 e. The molecule has 150 valence electrons. The molecule has 1 spiro atoms. The van der Waals surface area contributed by atoms with Gasteiger partial charge in [0.15, 0.2) is 11.5 Å². The third kappa shape index (κ3) is 2.92. The smallest absolute Gasteiger partial charge is 0.338 e. The molecule has 5 nitrogen and oxygen atoms in total. The molecule has 0 radical (unpaired) electrons. The Kier molecular flexibility index (Phi) is 4.36. The van der Waals surface area contributed by atoms with Crippen LogP contribution in [-0.2, 0) is 16.7 Å². The van der Waals surface area contributed by atoms with Gasteiger partial charge in [-0.15, -0.1) is 0 Å². The van der Waals surface area contributed by atoms with Gasteiger partial charge in [0.05, 0.1) is 31.7 Å². The maximum Gasteiger partial charge on any atom is 0.338 e. The maximum absolute atomic E-state index is 12.5. The summed E-state index contributed by atoms with van der Waals surface area (Å²) in [6.45, 7) is 2.04. The van der Waals surface area contributed by atoms with Crippen LogP contribution in [0.3, 0.4) is 0 Å². The lowest BCUT2D eigenvalue weighted by molar-refractivity contribution is -0.893. The number of hydrogen-bond acceptors (Lipinski definition) is 4. The van der Waals surface area contributed by atoms with Crippen LogP contribution in [0.25, 0.3) is 0 Å². The van der Waals surface area contributed by atoms with E-state index in [4.69, 9.17) is 14.2 Å². The average molecular weight is 392 g/mol. The van der Waals surface area contributed by atoms with Crippen LogP contribution in [0.15, 0.2) is 54.6 Å². The van der Waals surface area contributed by atoms with E-state index in [1.165, 1.54) is 16.0 Å². The molecule has 2 aliphatic heterocycles. The van der Waals surface area contributed by atoms with Crippen LogP contribution in [0.4, 0.5) is 0 Å². The fourth-order valence-electron chi connectivity index (χ4n) is 5.04. The summed E-state index contributed by atoms with van der Waals surface area (Å²) in [6.07, 6.45) is 5.59. The van der Waals surface area contributed by atoms with Crippen LogP contribution in [0.5, 0.6) is 11.5 Å². The molecule has 29 heavy (non-hydrogen) atoms. The predicted octanol–water partition coefficient (Wildman–Crippen LogP) is 2.30. The molecule has 5 heteroatoms. The van der Waals surface area contributed by atoms with E-state index in [-0.39, 0.29) is 23.6 Å². The van der Waals surface area contributed by atoms with Crippen LogP contribution in [0.1, 0.15) is 34.3 Å². The lowest BCUT2D eigenvalue weighted by atomic mass is 9.69. The van der Waals surface area contributed by atoms with E-state index >= 15 is 0 Å². The summed E-state index contributed by atoms with van der Waals surface area (Å²) in [5.74, 6) is 1.35. The van der Waals surface area contributed by atoms with Crippen molar-refractivity contribution in [2.45, 2.75) is 37.0 Å². The van der Waals surface area contributed by atoms with Crippen molar-refractivity contribution in [1.82, 2.24) is 0 Å². The van der Waals surface area contributed by atoms with Crippen molar-refractivity contribution in [3.8, 4) is 11.5 Å². The molecule has 0 amide bonds. The molecule has 4 atom stereocenters. The molecule has 0 bridgehead atoms. The average Bonchev–Trinajstić information content (AvgIpc) is 3.00. The first-order valence-corrected chi connectivity index (χ1v) is 10.2. The highest BCUT2D eigenvalue weighted by Gasteiger charge is 2.54. The SMILES string of the molecule is COc1ccc2c3c1OC1C[C@@H](OC(=O)c4ccccc4)C=C[C@@]31CC[NH+](C)C2. The van der Waals surface area contributed by atoms with E-state index in [9.17, 15) is 4.79 Å². The van der Waals surface area contributed by atoms with Crippen LogP contribution in [0, 0.1) is 0 Å². The highest BCUT2D eigenvalue weighted by atomic mass is 16.6. The van der Waals surface area contributed by atoms with Crippen molar-refractivity contribution in [2.75, 3.05) is 20.7 Å². The fourth-order valence-corrected chi connectivity index (χ4v) is 5.04. The van der Waals surface area contributed by atoms with E-state index in [0.717, 1.165) is 31.0 Å². The highest BCUT2D eigenvalue weighted by molar-refractivity contribution is 5.89. The highest BCUT2D eigenvalue weighted by Crippen LogP contribution is 2.55. The number of ether oxygens (including phenoxy) is 3. The Labute approximate surface area is 170 Å². The predicted molar refractivity (Wildman–Crippen MR) is 109 cm³/mol. The number of rotatable bonds is 3. The van der Waals surface area contributed by atoms with Crippen molar-refractivity contribution in [1.29, 1.82) is 0 Å². The van der Waals surface area contributed by atoms with E-state index in [1.807, 2.05) is 24.3 Å². The van der Waals surface area contributed by atoms with Gasteiger partial charge in [-0.2, -0.15) is 0 Å². The van der Waals surface area contributed by atoms with Crippen LogP contribution in [0.2, 0.25) is 0 Å². The molecule has 2 aromatic carbocycles. The van der Waals surface area contributed by atoms with Crippen molar-refractivity contribution < 1.29 is 23.9 Å². The molecular weight excluding hydrogens is 366 g/mol. The molecular formula is C24H26NO4+. The first kappa shape index (κ1) is 18.3. The van der Waals surface area contributed by atoms with Gasteiger partial charge in [-0.3, -0.25) is 0 Å². The fraction of sp³-hybridized carbons (Fsp3) is 0.375. The third-order valence-corrected chi connectivity index (χ3v) is 6.51. The Morgan fingerprint density at radius 1 is 1.21 bits per heavy atom. The van der Waals surface area contributed by atoms with Gasteiger partial charge >= 0.3 is 5.97 Å². The number of carbonyl (C=O) groups is 1. The van der Waals surface area contributed by atoms with E-state index < -0.39 is 0 Å². The number of methoxy groups -OCH3 is 1. The summed E-state index contributed by atoms with van der Waals surface area (Å²) < 4.78 is 17.9. The monoisotopic (exact) mass is 392 g/mol. The van der Waals surface area contributed by atoms with E-state index in [2.05, 4.69) is 25.3 Å². The Bertz CT molecular complexity index is 970. The largest absolute Gasteiger partial charge is 0.493 e. The minimum absolute atomic E-state index is 0.0583. The Morgan fingerprint density at radius 2 is 2.03 bits per heavy atom. The zero-order valence-electron chi connectivity index (χ0n) is 16.8. The number of esters is 1. The summed E-state index contributed by atoms with van der Waals surface area (Å²) in [7, 11) is 3.92. The first-order chi connectivity index (χ1) is 14.1. The van der Waals surface area contributed by atoms with Gasteiger partial charge in [0.1, 0.15) is 18.8 Å². The van der Waals surface area contributed by atoms with Gasteiger partial charge in [0, 0.05) is 24.0 Å². The lowest BCUT2D eigenvalue weighted by Crippen LogP contribution is -3.07. The number of nitrogens with one attached hydrogen (secondary N) is 1.